The van der Waals surface area contributed by atoms with Crippen LogP contribution in [0.25, 0.3) is 0 Å². The van der Waals surface area contributed by atoms with Crippen molar-refractivity contribution in [2.75, 3.05) is 27.4 Å². The Kier molecular flexibility index (Phi) is 5.55. The molecule has 1 N–H and O–H groups in total. The van der Waals surface area contributed by atoms with Crippen molar-refractivity contribution in [3.05, 3.63) is 18.2 Å². The number of nitrogens with zero attached hydrogens (tertiary/aromatic N) is 3. The van der Waals surface area contributed by atoms with Crippen LogP contribution in [-0.2, 0) is 20.8 Å². The number of imidazole rings is 1. The molecule has 7 heteroatoms. The SMILES string of the molecule is CO[C@@H]1COC[C@@H](N(C)C(=O)Cn2ccnc2C(C)C)[C@@H]1O. The van der Waals surface area contributed by atoms with Gasteiger partial charge in [0.25, 0.3) is 0 Å². The molecule has 2 heterocycles. The molecule has 0 saturated carbocycles. The van der Waals surface area contributed by atoms with Gasteiger partial charge in [-0.05, 0) is 0 Å². The molecule has 1 aromatic rings. The number of methoxy groups -OCH3 is 1. The minimum atomic E-state index is -0.750. The standard InChI is InChI=1S/C15H25N3O4/c1-10(2)15-16-5-6-18(15)7-13(19)17(3)11-8-22-9-12(21-4)14(11)20/h5-6,10-12,14,20H,7-9H2,1-4H3/t11-,12-,14+/m1/s1. The first kappa shape index (κ1) is 16.9. The fraction of sp³-hybridized carbons (Fsp3) is 0.733. The lowest BCUT2D eigenvalue weighted by Crippen LogP contribution is -2.57. The third-order valence-corrected chi connectivity index (χ3v) is 4.11. The van der Waals surface area contributed by atoms with Crippen LogP contribution in [0.2, 0.25) is 0 Å². The van der Waals surface area contributed by atoms with Gasteiger partial charge >= 0.3 is 0 Å². The quantitative estimate of drug-likeness (QED) is 0.843. The number of rotatable bonds is 5. The fourth-order valence-electron chi connectivity index (χ4n) is 2.70. The van der Waals surface area contributed by atoms with E-state index in [4.69, 9.17) is 9.47 Å². The zero-order valence-corrected chi connectivity index (χ0v) is 13.6. The molecule has 22 heavy (non-hydrogen) atoms. The summed E-state index contributed by atoms with van der Waals surface area (Å²) >= 11 is 0. The van der Waals surface area contributed by atoms with Crippen molar-refractivity contribution in [1.82, 2.24) is 14.5 Å². The first-order valence-corrected chi connectivity index (χ1v) is 7.51. The monoisotopic (exact) mass is 311 g/mol. The molecule has 0 spiro atoms. The first-order valence-electron chi connectivity index (χ1n) is 7.51. The van der Waals surface area contributed by atoms with Gasteiger partial charge in [0.1, 0.15) is 24.6 Å². The van der Waals surface area contributed by atoms with Gasteiger partial charge in [0.15, 0.2) is 0 Å². The zero-order chi connectivity index (χ0) is 16.3. The molecule has 2 rings (SSSR count). The largest absolute Gasteiger partial charge is 0.388 e. The number of aromatic nitrogens is 2. The lowest BCUT2D eigenvalue weighted by Gasteiger charge is -2.39. The van der Waals surface area contributed by atoms with Crippen LogP contribution in [0.4, 0.5) is 0 Å². The molecule has 0 bridgehead atoms. The topological polar surface area (TPSA) is 76.8 Å². The number of likely N-dealkylation sites (N-methyl/N-ethyl adjacent to an activating group) is 1. The van der Waals surface area contributed by atoms with Gasteiger partial charge in [0, 0.05) is 32.5 Å². The molecule has 0 unspecified atom stereocenters. The van der Waals surface area contributed by atoms with E-state index in [9.17, 15) is 9.90 Å². The van der Waals surface area contributed by atoms with Gasteiger partial charge in [-0.1, -0.05) is 13.8 Å². The van der Waals surface area contributed by atoms with Crippen LogP contribution in [0.5, 0.6) is 0 Å². The summed E-state index contributed by atoms with van der Waals surface area (Å²) in [6, 6.07) is -0.405. The van der Waals surface area contributed by atoms with Crippen LogP contribution in [0, 0.1) is 0 Å². The molecule has 1 aliphatic rings. The molecule has 0 aliphatic carbocycles. The summed E-state index contributed by atoms with van der Waals surface area (Å²) in [4.78, 5) is 18.3. The summed E-state index contributed by atoms with van der Waals surface area (Å²) in [6.45, 7) is 4.92. The van der Waals surface area contributed by atoms with Crippen molar-refractivity contribution in [1.29, 1.82) is 0 Å². The minimum absolute atomic E-state index is 0.0932. The number of carbonyl (C=O) groups excluding carboxylic acids is 1. The highest BCUT2D eigenvalue weighted by atomic mass is 16.5. The Bertz CT molecular complexity index is 503. The molecule has 7 nitrogen and oxygen atoms in total. The zero-order valence-electron chi connectivity index (χ0n) is 13.6. The lowest BCUT2D eigenvalue weighted by molar-refractivity contribution is -0.158. The van der Waals surface area contributed by atoms with E-state index in [2.05, 4.69) is 4.98 Å². The van der Waals surface area contributed by atoms with Crippen LogP contribution in [0.1, 0.15) is 25.6 Å². The number of hydrogen-bond acceptors (Lipinski definition) is 5. The van der Waals surface area contributed by atoms with Gasteiger partial charge in [0.05, 0.1) is 19.3 Å². The Hall–Kier alpha value is -1.44. The Morgan fingerprint density at radius 2 is 2.32 bits per heavy atom. The number of amides is 1. The van der Waals surface area contributed by atoms with E-state index in [1.54, 1.807) is 24.3 Å². The Labute approximate surface area is 130 Å². The summed E-state index contributed by atoms with van der Waals surface area (Å²) in [6.07, 6.45) is 2.34. The predicted octanol–water partition coefficient (Wildman–Crippen LogP) is 0.240. The normalized spacial score (nSPS) is 25.5. The van der Waals surface area contributed by atoms with Crippen LogP contribution in [0.15, 0.2) is 12.4 Å². The number of ether oxygens (including phenoxy) is 2. The molecule has 1 amide bonds. The lowest BCUT2D eigenvalue weighted by atomic mass is 10.0. The summed E-state index contributed by atoms with van der Waals surface area (Å²) in [5.74, 6) is 1.02. The predicted molar refractivity (Wildman–Crippen MR) is 80.5 cm³/mol. The van der Waals surface area contributed by atoms with Crippen molar-refractivity contribution in [2.24, 2.45) is 0 Å². The molecule has 0 aromatic carbocycles. The van der Waals surface area contributed by atoms with Crippen molar-refractivity contribution in [2.45, 2.75) is 44.6 Å². The van der Waals surface area contributed by atoms with E-state index < -0.39 is 18.2 Å². The summed E-state index contributed by atoms with van der Waals surface area (Å²) < 4.78 is 12.5. The molecule has 1 saturated heterocycles. The average Bonchev–Trinajstić information content (AvgIpc) is 2.95. The third-order valence-electron chi connectivity index (χ3n) is 4.11. The highest BCUT2D eigenvalue weighted by Crippen LogP contribution is 2.17. The molecule has 1 aliphatic heterocycles. The van der Waals surface area contributed by atoms with E-state index in [0.29, 0.717) is 13.2 Å². The van der Waals surface area contributed by atoms with Gasteiger partial charge < -0.3 is 24.0 Å². The number of aliphatic hydroxyl groups is 1. The van der Waals surface area contributed by atoms with E-state index in [0.717, 1.165) is 5.82 Å². The van der Waals surface area contributed by atoms with Crippen molar-refractivity contribution in [3.63, 3.8) is 0 Å². The van der Waals surface area contributed by atoms with Gasteiger partial charge in [-0.3, -0.25) is 4.79 Å². The van der Waals surface area contributed by atoms with Crippen LogP contribution >= 0.6 is 0 Å². The second-order valence-electron chi connectivity index (χ2n) is 5.94. The molecule has 1 fully saturated rings. The number of carbonyl (C=O) groups is 1. The molecule has 124 valence electrons. The van der Waals surface area contributed by atoms with Gasteiger partial charge in [-0.2, -0.15) is 0 Å². The van der Waals surface area contributed by atoms with Crippen molar-refractivity contribution >= 4 is 5.91 Å². The Balaban J connectivity index is 2.04. The molecule has 3 atom stereocenters. The first-order chi connectivity index (χ1) is 10.5. The number of hydrogen-bond donors (Lipinski definition) is 1. The molecule has 1 aromatic heterocycles. The Morgan fingerprint density at radius 1 is 1.59 bits per heavy atom. The maximum absolute atomic E-state index is 12.5. The highest BCUT2D eigenvalue weighted by molar-refractivity contribution is 5.76. The third kappa shape index (κ3) is 3.48. The molecular weight excluding hydrogens is 286 g/mol. The molecular formula is C15H25N3O4. The minimum Gasteiger partial charge on any atom is -0.388 e. The second-order valence-corrected chi connectivity index (χ2v) is 5.94. The maximum atomic E-state index is 12.5. The maximum Gasteiger partial charge on any atom is 0.242 e. The van der Waals surface area contributed by atoms with Crippen molar-refractivity contribution < 1.29 is 19.4 Å². The highest BCUT2D eigenvalue weighted by Gasteiger charge is 2.37. The van der Waals surface area contributed by atoms with Crippen LogP contribution in [-0.4, -0.2) is 71.1 Å². The molecule has 0 radical (unpaired) electrons. The summed E-state index contributed by atoms with van der Waals surface area (Å²) in [7, 11) is 3.21. The van der Waals surface area contributed by atoms with Gasteiger partial charge in [-0.15, -0.1) is 0 Å². The smallest absolute Gasteiger partial charge is 0.242 e. The summed E-state index contributed by atoms with van der Waals surface area (Å²) in [5.41, 5.74) is 0. The van der Waals surface area contributed by atoms with Gasteiger partial charge in [-0.25, -0.2) is 4.98 Å². The van der Waals surface area contributed by atoms with Crippen LogP contribution in [0.3, 0.4) is 0 Å². The number of aliphatic hydroxyl groups excluding tert-OH is 1. The van der Waals surface area contributed by atoms with Crippen LogP contribution < -0.4 is 0 Å². The van der Waals surface area contributed by atoms with E-state index in [1.807, 2.05) is 18.4 Å². The Morgan fingerprint density at radius 3 is 2.95 bits per heavy atom. The fourth-order valence-corrected chi connectivity index (χ4v) is 2.70. The average molecular weight is 311 g/mol. The van der Waals surface area contributed by atoms with E-state index >= 15 is 0 Å². The van der Waals surface area contributed by atoms with Gasteiger partial charge in [0.2, 0.25) is 5.91 Å². The van der Waals surface area contributed by atoms with Crippen molar-refractivity contribution in [3.8, 4) is 0 Å². The van der Waals surface area contributed by atoms with E-state index in [1.165, 1.54) is 7.11 Å². The van der Waals surface area contributed by atoms with E-state index in [-0.39, 0.29) is 18.4 Å². The summed E-state index contributed by atoms with van der Waals surface area (Å²) in [5, 5.41) is 10.3. The second kappa shape index (κ2) is 7.21.